The predicted molar refractivity (Wildman–Crippen MR) is 80.2 cm³/mol. The normalized spacial score (nSPS) is 10.3. The number of nitrogens with zero attached hydrogens (tertiary/aromatic N) is 2. The number of amides is 1. The van der Waals surface area contributed by atoms with Crippen molar-refractivity contribution in [2.24, 2.45) is 5.73 Å². The van der Waals surface area contributed by atoms with Gasteiger partial charge in [0.1, 0.15) is 5.15 Å². The number of hydrogen-bond acceptors (Lipinski definition) is 3. The molecule has 0 atom stereocenters. The first-order chi connectivity index (χ1) is 9.60. The summed E-state index contributed by atoms with van der Waals surface area (Å²) in [6.07, 6.45) is 1.73. The van der Waals surface area contributed by atoms with E-state index in [0.29, 0.717) is 11.7 Å². The molecule has 5 heteroatoms. The van der Waals surface area contributed by atoms with Crippen LogP contribution in [0.15, 0.2) is 42.6 Å². The molecule has 0 saturated heterocycles. The molecule has 2 N–H and O–H groups in total. The highest BCUT2D eigenvalue weighted by Gasteiger charge is 2.07. The minimum atomic E-state index is -0.0800. The van der Waals surface area contributed by atoms with Crippen LogP contribution < -0.4 is 5.73 Å². The van der Waals surface area contributed by atoms with Crippen molar-refractivity contribution in [3.05, 3.63) is 53.3 Å². The molecule has 0 aliphatic rings. The van der Waals surface area contributed by atoms with Gasteiger partial charge in [0, 0.05) is 25.4 Å². The molecular formula is C15H16ClN3O. The van der Waals surface area contributed by atoms with Crippen molar-refractivity contribution in [2.45, 2.75) is 6.54 Å². The second kappa shape index (κ2) is 6.50. The Kier molecular flexibility index (Phi) is 4.71. The minimum absolute atomic E-state index is 0.0251. The van der Waals surface area contributed by atoms with Crippen molar-refractivity contribution in [3.63, 3.8) is 0 Å². The lowest BCUT2D eigenvalue weighted by molar-refractivity contribution is -0.128. The molecule has 0 radical (unpaired) electrons. The Morgan fingerprint density at radius 3 is 2.75 bits per heavy atom. The average Bonchev–Trinajstić information content (AvgIpc) is 2.47. The van der Waals surface area contributed by atoms with E-state index in [1.165, 1.54) is 0 Å². The van der Waals surface area contributed by atoms with Gasteiger partial charge in [-0.15, -0.1) is 0 Å². The van der Waals surface area contributed by atoms with Crippen LogP contribution in [0.25, 0.3) is 11.1 Å². The number of pyridine rings is 1. The molecule has 0 aliphatic heterocycles. The summed E-state index contributed by atoms with van der Waals surface area (Å²) in [7, 11) is 1.74. The maximum Gasteiger partial charge on any atom is 0.236 e. The Morgan fingerprint density at radius 1 is 1.30 bits per heavy atom. The maximum atomic E-state index is 11.5. The highest BCUT2D eigenvalue weighted by Crippen LogP contribution is 2.21. The summed E-state index contributed by atoms with van der Waals surface area (Å²) < 4.78 is 0. The first-order valence-corrected chi connectivity index (χ1v) is 6.63. The Labute approximate surface area is 123 Å². The summed E-state index contributed by atoms with van der Waals surface area (Å²) in [6.45, 7) is 0.558. The summed E-state index contributed by atoms with van der Waals surface area (Å²) in [5.41, 5.74) is 8.42. The standard InChI is InChI=1S/C15H16ClN3O/c1-19(15(20)8-17)10-11-3-2-4-12(7-11)13-5-6-14(16)18-9-13/h2-7,9H,8,10,17H2,1H3. The molecule has 1 aromatic heterocycles. The zero-order valence-corrected chi connectivity index (χ0v) is 12.0. The van der Waals surface area contributed by atoms with Crippen LogP contribution in [-0.2, 0) is 11.3 Å². The average molecular weight is 290 g/mol. The molecule has 2 aromatic rings. The van der Waals surface area contributed by atoms with Crippen molar-refractivity contribution < 1.29 is 4.79 Å². The molecule has 20 heavy (non-hydrogen) atoms. The van der Waals surface area contributed by atoms with Crippen molar-refractivity contribution in [1.82, 2.24) is 9.88 Å². The number of halogens is 1. The topological polar surface area (TPSA) is 59.2 Å². The zero-order valence-electron chi connectivity index (χ0n) is 11.2. The number of carbonyl (C=O) groups is 1. The van der Waals surface area contributed by atoms with Gasteiger partial charge in [0.2, 0.25) is 5.91 Å². The van der Waals surface area contributed by atoms with Crippen molar-refractivity contribution in [3.8, 4) is 11.1 Å². The van der Waals surface area contributed by atoms with Crippen LogP contribution in [-0.4, -0.2) is 29.4 Å². The van der Waals surface area contributed by atoms with E-state index in [0.717, 1.165) is 16.7 Å². The molecule has 4 nitrogen and oxygen atoms in total. The van der Waals surface area contributed by atoms with Gasteiger partial charge in [0.05, 0.1) is 6.54 Å². The maximum absolute atomic E-state index is 11.5. The number of benzene rings is 1. The number of aromatic nitrogens is 1. The van der Waals surface area contributed by atoms with Crippen molar-refractivity contribution >= 4 is 17.5 Å². The second-order valence-corrected chi connectivity index (χ2v) is 4.91. The molecule has 0 fully saturated rings. The van der Waals surface area contributed by atoms with Gasteiger partial charge < -0.3 is 10.6 Å². The zero-order chi connectivity index (χ0) is 14.5. The highest BCUT2D eigenvalue weighted by molar-refractivity contribution is 6.29. The summed E-state index contributed by atoms with van der Waals surface area (Å²) in [5, 5.41) is 0.471. The fraction of sp³-hybridized carbons (Fsp3) is 0.200. The van der Waals surface area contributed by atoms with Gasteiger partial charge in [-0.05, 0) is 29.3 Å². The molecule has 0 saturated carbocycles. The number of hydrogen-bond donors (Lipinski definition) is 1. The van der Waals surface area contributed by atoms with Crippen LogP contribution in [0.1, 0.15) is 5.56 Å². The van der Waals surface area contributed by atoms with Gasteiger partial charge in [-0.3, -0.25) is 4.79 Å². The van der Waals surface area contributed by atoms with E-state index >= 15 is 0 Å². The van der Waals surface area contributed by atoms with Gasteiger partial charge in [-0.2, -0.15) is 0 Å². The molecule has 104 valence electrons. The Morgan fingerprint density at radius 2 is 2.10 bits per heavy atom. The SMILES string of the molecule is CN(Cc1cccc(-c2ccc(Cl)nc2)c1)C(=O)CN. The van der Waals surface area contributed by atoms with Crippen LogP contribution >= 0.6 is 11.6 Å². The van der Waals surface area contributed by atoms with Crippen LogP contribution in [0.3, 0.4) is 0 Å². The molecule has 2 rings (SSSR count). The number of carbonyl (C=O) groups excluding carboxylic acids is 1. The van der Waals surface area contributed by atoms with Gasteiger partial charge in [-0.1, -0.05) is 29.8 Å². The van der Waals surface area contributed by atoms with E-state index in [-0.39, 0.29) is 12.5 Å². The number of rotatable bonds is 4. The molecule has 0 aliphatic carbocycles. The summed E-state index contributed by atoms with van der Waals surface area (Å²) >= 11 is 5.78. The highest BCUT2D eigenvalue weighted by atomic mass is 35.5. The smallest absolute Gasteiger partial charge is 0.236 e. The summed E-state index contributed by atoms with van der Waals surface area (Å²) in [4.78, 5) is 17.2. The largest absolute Gasteiger partial charge is 0.340 e. The lowest BCUT2D eigenvalue weighted by Gasteiger charge is -2.16. The van der Waals surface area contributed by atoms with E-state index in [2.05, 4.69) is 4.98 Å². The predicted octanol–water partition coefficient (Wildman–Crippen LogP) is 2.32. The minimum Gasteiger partial charge on any atom is -0.340 e. The van der Waals surface area contributed by atoms with E-state index in [1.54, 1.807) is 24.2 Å². The Balaban J connectivity index is 2.20. The van der Waals surface area contributed by atoms with Gasteiger partial charge in [-0.25, -0.2) is 4.98 Å². The lowest BCUT2D eigenvalue weighted by Crippen LogP contribution is -2.32. The van der Waals surface area contributed by atoms with E-state index < -0.39 is 0 Å². The van der Waals surface area contributed by atoms with Crippen molar-refractivity contribution in [1.29, 1.82) is 0 Å². The van der Waals surface area contributed by atoms with Gasteiger partial charge in [0.15, 0.2) is 0 Å². The van der Waals surface area contributed by atoms with Crippen LogP contribution in [0.4, 0.5) is 0 Å². The van der Waals surface area contributed by atoms with Crippen LogP contribution in [0.2, 0.25) is 5.15 Å². The molecule has 1 aromatic carbocycles. The summed E-state index contributed by atoms with van der Waals surface area (Å²) in [5.74, 6) is -0.0800. The number of nitrogens with two attached hydrogens (primary N) is 1. The van der Waals surface area contributed by atoms with E-state index in [1.807, 2.05) is 30.3 Å². The number of likely N-dealkylation sites (N-methyl/N-ethyl adjacent to an activating group) is 1. The van der Waals surface area contributed by atoms with Gasteiger partial charge >= 0.3 is 0 Å². The molecule has 1 amide bonds. The first kappa shape index (κ1) is 14.5. The third-order valence-corrected chi connectivity index (χ3v) is 3.23. The van der Waals surface area contributed by atoms with E-state index in [9.17, 15) is 4.79 Å². The lowest BCUT2D eigenvalue weighted by atomic mass is 10.0. The van der Waals surface area contributed by atoms with Gasteiger partial charge in [0.25, 0.3) is 0 Å². The quantitative estimate of drug-likeness (QED) is 0.879. The third-order valence-electron chi connectivity index (χ3n) is 3.01. The molecular weight excluding hydrogens is 274 g/mol. The molecule has 0 spiro atoms. The molecule has 0 bridgehead atoms. The third kappa shape index (κ3) is 3.56. The Bertz CT molecular complexity index is 598. The fourth-order valence-electron chi connectivity index (χ4n) is 1.91. The summed E-state index contributed by atoms with van der Waals surface area (Å²) in [6, 6.07) is 11.6. The van der Waals surface area contributed by atoms with Crippen LogP contribution in [0, 0.1) is 0 Å². The fourth-order valence-corrected chi connectivity index (χ4v) is 2.03. The Hall–Kier alpha value is -1.91. The van der Waals surface area contributed by atoms with E-state index in [4.69, 9.17) is 17.3 Å². The van der Waals surface area contributed by atoms with Crippen molar-refractivity contribution in [2.75, 3.05) is 13.6 Å². The molecule has 1 heterocycles. The second-order valence-electron chi connectivity index (χ2n) is 4.52. The molecule has 0 unspecified atom stereocenters. The van der Waals surface area contributed by atoms with Crippen LogP contribution in [0.5, 0.6) is 0 Å². The monoisotopic (exact) mass is 289 g/mol. The first-order valence-electron chi connectivity index (χ1n) is 6.25.